The van der Waals surface area contributed by atoms with Crippen LogP contribution in [-0.2, 0) is 12.7 Å². The van der Waals surface area contributed by atoms with Crippen molar-refractivity contribution in [1.82, 2.24) is 30.1 Å². The van der Waals surface area contributed by atoms with Crippen LogP contribution in [0.1, 0.15) is 10.8 Å². The minimum atomic E-state index is -4.69. The van der Waals surface area contributed by atoms with Crippen LogP contribution in [0.4, 0.5) is 24.8 Å². The highest BCUT2D eigenvalue weighted by Crippen LogP contribution is 2.33. The molecular weight excluding hydrogens is 423 g/mol. The Kier molecular flexibility index (Phi) is 5.27. The van der Waals surface area contributed by atoms with Crippen LogP contribution in [0.5, 0.6) is 6.01 Å². The van der Waals surface area contributed by atoms with Crippen molar-refractivity contribution >= 4 is 23.0 Å². The van der Waals surface area contributed by atoms with E-state index in [-0.39, 0.29) is 11.8 Å². The van der Waals surface area contributed by atoms with Gasteiger partial charge < -0.3 is 14.2 Å². The lowest BCUT2D eigenvalue weighted by atomic mass is 10.3. The molecule has 30 heavy (non-hydrogen) atoms. The topological polar surface area (TPSA) is 103 Å². The average molecular weight is 435 g/mol. The molecule has 0 atom stereocenters. The third-order valence-electron chi connectivity index (χ3n) is 3.77. The minimum Gasteiger partial charge on any atom is -0.467 e. The van der Waals surface area contributed by atoms with E-state index in [0.717, 1.165) is 4.88 Å². The van der Waals surface area contributed by atoms with Gasteiger partial charge in [0.15, 0.2) is 5.82 Å². The SMILES string of the molecule is COc1nccc(N(Cc2ccc(-c3noc(C(F)(F)F)n3)s2)c2cnccn2)n1. The Morgan fingerprint density at radius 1 is 1.07 bits per heavy atom. The Morgan fingerprint density at radius 2 is 1.93 bits per heavy atom. The highest BCUT2D eigenvalue weighted by atomic mass is 32.1. The van der Waals surface area contributed by atoms with E-state index in [1.165, 1.54) is 18.4 Å². The summed E-state index contributed by atoms with van der Waals surface area (Å²) in [6.45, 7) is 0.313. The summed E-state index contributed by atoms with van der Waals surface area (Å²) in [5, 5.41) is 3.42. The minimum absolute atomic E-state index is 0.131. The number of anilines is 2. The molecule has 0 unspecified atom stereocenters. The molecule has 0 aliphatic rings. The van der Waals surface area contributed by atoms with Crippen LogP contribution in [0.25, 0.3) is 10.7 Å². The van der Waals surface area contributed by atoms with Crippen molar-refractivity contribution in [3.05, 3.63) is 53.8 Å². The number of aromatic nitrogens is 6. The summed E-state index contributed by atoms with van der Waals surface area (Å²) in [7, 11) is 1.46. The van der Waals surface area contributed by atoms with Gasteiger partial charge in [-0.1, -0.05) is 5.16 Å². The van der Waals surface area contributed by atoms with Crippen molar-refractivity contribution in [3.63, 3.8) is 0 Å². The van der Waals surface area contributed by atoms with E-state index < -0.39 is 12.1 Å². The van der Waals surface area contributed by atoms with Crippen LogP contribution >= 0.6 is 11.3 Å². The van der Waals surface area contributed by atoms with Crippen molar-refractivity contribution < 1.29 is 22.4 Å². The van der Waals surface area contributed by atoms with E-state index in [9.17, 15) is 13.2 Å². The predicted molar refractivity (Wildman–Crippen MR) is 99.1 cm³/mol. The molecule has 0 aliphatic carbocycles. The lowest BCUT2D eigenvalue weighted by Gasteiger charge is -2.21. The molecule has 0 N–H and O–H groups in total. The van der Waals surface area contributed by atoms with Gasteiger partial charge in [0.1, 0.15) is 5.82 Å². The summed E-state index contributed by atoms with van der Waals surface area (Å²) in [5.74, 6) is -0.488. The third kappa shape index (κ3) is 4.20. The van der Waals surface area contributed by atoms with Gasteiger partial charge in [-0.3, -0.25) is 4.98 Å². The monoisotopic (exact) mass is 435 g/mol. The average Bonchev–Trinajstić information content (AvgIpc) is 3.42. The molecule has 4 heterocycles. The number of halogens is 3. The second-order valence-corrected chi connectivity index (χ2v) is 6.91. The Hall–Kier alpha value is -3.61. The van der Waals surface area contributed by atoms with E-state index in [1.807, 2.05) is 0 Å². The van der Waals surface area contributed by atoms with Gasteiger partial charge in [-0.15, -0.1) is 11.3 Å². The first-order valence-corrected chi connectivity index (χ1v) is 9.16. The largest absolute Gasteiger partial charge is 0.471 e. The lowest BCUT2D eigenvalue weighted by molar-refractivity contribution is -0.159. The maximum absolute atomic E-state index is 12.7. The summed E-state index contributed by atoms with van der Waals surface area (Å²) in [6.07, 6.45) is 1.50. The lowest BCUT2D eigenvalue weighted by Crippen LogP contribution is -2.18. The first kappa shape index (κ1) is 19.7. The molecule has 0 bridgehead atoms. The molecule has 0 aromatic carbocycles. The number of alkyl halides is 3. The van der Waals surface area contributed by atoms with Crippen LogP contribution in [0, 0.1) is 0 Å². The third-order valence-corrected chi connectivity index (χ3v) is 4.83. The fraction of sp³-hybridized carbons (Fsp3) is 0.176. The van der Waals surface area contributed by atoms with Gasteiger partial charge in [0.05, 0.1) is 24.7 Å². The zero-order valence-electron chi connectivity index (χ0n) is 15.2. The molecular formula is C17H12F3N7O2S. The predicted octanol–water partition coefficient (Wildman–Crippen LogP) is 3.74. The molecule has 9 nitrogen and oxygen atoms in total. The molecule has 4 aromatic rings. The van der Waals surface area contributed by atoms with E-state index >= 15 is 0 Å². The highest BCUT2D eigenvalue weighted by molar-refractivity contribution is 7.15. The maximum Gasteiger partial charge on any atom is 0.471 e. The van der Waals surface area contributed by atoms with Crippen LogP contribution in [-0.4, -0.2) is 37.2 Å². The van der Waals surface area contributed by atoms with Crippen LogP contribution < -0.4 is 9.64 Å². The van der Waals surface area contributed by atoms with E-state index in [1.54, 1.807) is 47.9 Å². The van der Waals surface area contributed by atoms with Gasteiger partial charge in [-0.05, 0) is 18.2 Å². The number of nitrogens with zero attached hydrogens (tertiary/aromatic N) is 7. The van der Waals surface area contributed by atoms with Gasteiger partial charge in [-0.25, -0.2) is 9.97 Å². The molecule has 0 spiro atoms. The standard InChI is InChI=1S/C17H12F3N7O2S/c1-28-16-23-5-4-12(24-16)27(13-8-21-6-7-22-13)9-10-2-3-11(30-10)14-25-15(29-26-14)17(18,19)20/h2-8H,9H2,1H3. The molecule has 0 fully saturated rings. The Bertz CT molecular complexity index is 1130. The number of hydrogen-bond donors (Lipinski definition) is 0. The fourth-order valence-electron chi connectivity index (χ4n) is 2.47. The number of thiophene rings is 1. The molecule has 13 heteroatoms. The van der Waals surface area contributed by atoms with E-state index in [4.69, 9.17) is 4.74 Å². The van der Waals surface area contributed by atoms with E-state index in [2.05, 4.69) is 34.6 Å². The highest BCUT2D eigenvalue weighted by Gasteiger charge is 2.38. The Labute approximate surface area is 171 Å². The van der Waals surface area contributed by atoms with Crippen molar-refractivity contribution in [2.24, 2.45) is 0 Å². The van der Waals surface area contributed by atoms with Gasteiger partial charge in [-0.2, -0.15) is 23.1 Å². The first-order chi connectivity index (χ1) is 14.4. The van der Waals surface area contributed by atoms with Gasteiger partial charge >= 0.3 is 18.1 Å². The number of rotatable bonds is 6. The molecule has 0 saturated carbocycles. The fourth-order valence-corrected chi connectivity index (χ4v) is 3.39. The van der Waals surface area contributed by atoms with Gasteiger partial charge in [0.2, 0.25) is 5.82 Å². The van der Waals surface area contributed by atoms with Crippen molar-refractivity contribution in [3.8, 4) is 16.7 Å². The summed E-state index contributed by atoms with van der Waals surface area (Å²) in [4.78, 5) is 23.1. The maximum atomic E-state index is 12.7. The molecule has 154 valence electrons. The zero-order valence-corrected chi connectivity index (χ0v) is 16.1. The van der Waals surface area contributed by atoms with Crippen LogP contribution in [0.2, 0.25) is 0 Å². The molecule has 0 saturated heterocycles. The second-order valence-electron chi connectivity index (χ2n) is 5.74. The normalized spacial score (nSPS) is 11.5. The Balaban J connectivity index is 1.63. The van der Waals surface area contributed by atoms with Crippen molar-refractivity contribution in [2.75, 3.05) is 12.0 Å². The van der Waals surface area contributed by atoms with Gasteiger partial charge in [0, 0.05) is 23.5 Å². The molecule has 4 aromatic heterocycles. The number of hydrogen-bond acceptors (Lipinski definition) is 10. The first-order valence-electron chi connectivity index (χ1n) is 8.34. The Morgan fingerprint density at radius 3 is 2.63 bits per heavy atom. The molecule has 4 rings (SSSR count). The van der Waals surface area contributed by atoms with Crippen molar-refractivity contribution in [1.29, 1.82) is 0 Å². The molecule has 0 aliphatic heterocycles. The zero-order chi connectivity index (χ0) is 21.1. The summed E-state index contributed by atoms with van der Waals surface area (Å²) in [6, 6.07) is 5.24. The summed E-state index contributed by atoms with van der Waals surface area (Å²) in [5.41, 5.74) is 0. The summed E-state index contributed by atoms with van der Waals surface area (Å²) >= 11 is 1.22. The smallest absolute Gasteiger partial charge is 0.467 e. The number of ether oxygens (including phenoxy) is 1. The van der Waals surface area contributed by atoms with Crippen LogP contribution in [0.15, 0.2) is 47.5 Å². The quantitative estimate of drug-likeness (QED) is 0.448. The number of methoxy groups -OCH3 is 1. The van der Waals surface area contributed by atoms with Crippen molar-refractivity contribution in [2.45, 2.75) is 12.7 Å². The van der Waals surface area contributed by atoms with Crippen LogP contribution in [0.3, 0.4) is 0 Å². The summed E-state index contributed by atoms with van der Waals surface area (Å²) < 4.78 is 47.5. The molecule has 0 radical (unpaired) electrons. The van der Waals surface area contributed by atoms with E-state index in [0.29, 0.717) is 23.1 Å². The van der Waals surface area contributed by atoms with Gasteiger partial charge in [0.25, 0.3) is 0 Å². The molecule has 0 amide bonds. The second kappa shape index (κ2) is 8.02.